The van der Waals surface area contributed by atoms with E-state index in [0.29, 0.717) is 12.1 Å². The van der Waals surface area contributed by atoms with Crippen LogP contribution in [-0.2, 0) is 6.54 Å². The van der Waals surface area contributed by atoms with Crippen LogP contribution in [0.4, 0.5) is 14.5 Å². The smallest absolute Gasteiger partial charge is 0.149 e. The number of nitrogens with one attached hydrogen (secondary N) is 1. The number of rotatable bonds is 7. The minimum atomic E-state index is -0.732. The molecule has 114 valence electrons. The molecule has 0 heterocycles. The molecule has 0 spiro atoms. The van der Waals surface area contributed by atoms with Gasteiger partial charge in [0.1, 0.15) is 17.3 Å². The summed E-state index contributed by atoms with van der Waals surface area (Å²) in [5.41, 5.74) is -0.264. The highest BCUT2D eigenvalue weighted by Gasteiger charge is 2.27. The Morgan fingerprint density at radius 3 is 2.25 bits per heavy atom. The van der Waals surface area contributed by atoms with E-state index in [1.165, 1.54) is 17.0 Å². The van der Waals surface area contributed by atoms with Gasteiger partial charge in [0.15, 0.2) is 0 Å². The molecule has 0 radical (unpaired) electrons. The van der Waals surface area contributed by atoms with Gasteiger partial charge in [-0.2, -0.15) is 0 Å². The van der Waals surface area contributed by atoms with Crippen molar-refractivity contribution in [1.29, 1.82) is 0 Å². The summed E-state index contributed by atoms with van der Waals surface area (Å²) in [6, 6.07) is 2.68. The topological polar surface area (TPSA) is 35.5 Å². The molecule has 0 fully saturated rings. The normalized spacial score (nSPS) is 11.8. The maximum absolute atomic E-state index is 14.1. The van der Waals surface area contributed by atoms with E-state index < -0.39 is 17.2 Å². The lowest BCUT2D eigenvalue weighted by atomic mass is 10.0. The number of anilines is 1. The number of likely N-dealkylation sites (N-methyl/N-ethyl adjacent to an activating group) is 1. The second kappa shape index (κ2) is 6.99. The van der Waals surface area contributed by atoms with Crippen molar-refractivity contribution in [3.8, 4) is 0 Å². The minimum Gasteiger partial charge on any atom is -0.394 e. The summed E-state index contributed by atoms with van der Waals surface area (Å²) in [4.78, 5) is 1.43. The highest BCUT2D eigenvalue weighted by atomic mass is 19.1. The minimum absolute atomic E-state index is 0.108. The largest absolute Gasteiger partial charge is 0.394 e. The molecule has 0 saturated carbocycles. The molecular weight excluding hydrogens is 262 g/mol. The first-order valence-corrected chi connectivity index (χ1v) is 6.86. The van der Waals surface area contributed by atoms with Crippen molar-refractivity contribution in [2.75, 3.05) is 25.1 Å². The molecule has 0 unspecified atom stereocenters. The second-order valence-corrected chi connectivity index (χ2v) is 5.61. The van der Waals surface area contributed by atoms with Crippen LogP contribution in [0.5, 0.6) is 0 Å². The molecule has 1 aromatic rings. The van der Waals surface area contributed by atoms with E-state index in [1.807, 2.05) is 6.92 Å². The molecule has 0 atom stereocenters. The van der Waals surface area contributed by atoms with Crippen molar-refractivity contribution < 1.29 is 13.9 Å². The van der Waals surface area contributed by atoms with Crippen molar-refractivity contribution in [1.82, 2.24) is 5.32 Å². The van der Waals surface area contributed by atoms with E-state index in [1.54, 1.807) is 20.9 Å². The molecular formula is C15H24F2N2O. The maximum Gasteiger partial charge on any atom is 0.149 e. The molecule has 0 bridgehead atoms. The average Bonchev–Trinajstić information content (AvgIpc) is 2.38. The number of hydrogen-bond donors (Lipinski definition) is 2. The third-order valence-electron chi connectivity index (χ3n) is 3.46. The van der Waals surface area contributed by atoms with Crippen molar-refractivity contribution in [2.24, 2.45) is 0 Å². The first kappa shape index (κ1) is 16.9. The molecule has 0 aliphatic carbocycles. The van der Waals surface area contributed by atoms with Crippen molar-refractivity contribution in [3.63, 3.8) is 0 Å². The Morgan fingerprint density at radius 2 is 1.80 bits per heavy atom. The van der Waals surface area contributed by atoms with Crippen molar-refractivity contribution in [2.45, 2.75) is 39.3 Å². The van der Waals surface area contributed by atoms with Crippen LogP contribution in [0.25, 0.3) is 0 Å². The van der Waals surface area contributed by atoms with Crippen LogP contribution in [0.2, 0.25) is 0 Å². The van der Waals surface area contributed by atoms with Gasteiger partial charge in [-0.3, -0.25) is 0 Å². The molecule has 0 aliphatic heterocycles. The molecule has 0 saturated heterocycles. The number of hydrogen-bond acceptors (Lipinski definition) is 3. The lowest BCUT2D eigenvalue weighted by Crippen LogP contribution is -2.45. The SMILES string of the molecule is CCCNCc1cc(F)c(N(C)C(C)(C)CO)c(F)c1. The predicted molar refractivity (Wildman–Crippen MR) is 77.9 cm³/mol. The quantitative estimate of drug-likeness (QED) is 0.757. The maximum atomic E-state index is 14.1. The zero-order chi connectivity index (χ0) is 15.3. The van der Waals surface area contributed by atoms with Gasteiger partial charge in [-0.05, 0) is 44.5 Å². The molecule has 5 heteroatoms. The Balaban J connectivity index is 3.00. The van der Waals surface area contributed by atoms with E-state index in [-0.39, 0.29) is 12.3 Å². The van der Waals surface area contributed by atoms with Crippen LogP contribution in [0.15, 0.2) is 12.1 Å². The van der Waals surface area contributed by atoms with E-state index >= 15 is 0 Å². The molecule has 1 aromatic carbocycles. The van der Waals surface area contributed by atoms with Crippen LogP contribution >= 0.6 is 0 Å². The van der Waals surface area contributed by atoms with Crippen molar-refractivity contribution >= 4 is 5.69 Å². The van der Waals surface area contributed by atoms with Crippen LogP contribution in [0.3, 0.4) is 0 Å². The Morgan fingerprint density at radius 1 is 1.25 bits per heavy atom. The standard InChI is InChI=1S/C15H24F2N2O/c1-5-6-18-9-11-7-12(16)14(13(17)8-11)19(4)15(2,3)10-20/h7-8,18,20H,5-6,9-10H2,1-4H3. The van der Waals surface area contributed by atoms with Crippen LogP contribution in [-0.4, -0.2) is 30.8 Å². The van der Waals surface area contributed by atoms with E-state index in [0.717, 1.165) is 13.0 Å². The summed E-state index contributed by atoms with van der Waals surface area (Å²) < 4.78 is 28.3. The van der Waals surface area contributed by atoms with Gasteiger partial charge < -0.3 is 15.3 Å². The molecule has 20 heavy (non-hydrogen) atoms. The summed E-state index contributed by atoms with van der Waals surface area (Å²) in [7, 11) is 1.58. The zero-order valence-electron chi connectivity index (χ0n) is 12.6. The van der Waals surface area contributed by atoms with Crippen LogP contribution in [0, 0.1) is 11.6 Å². The van der Waals surface area contributed by atoms with Gasteiger partial charge in [0.2, 0.25) is 0 Å². The molecule has 0 aromatic heterocycles. The molecule has 2 N–H and O–H groups in total. The van der Waals surface area contributed by atoms with Gasteiger partial charge >= 0.3 is 0 Å². The van der Waals surface area contributed by atoms with Gasteiger partial charge in [0, 0.05) is 13.6 Å². The monoisotopic (exact) mass is 286 g/mol. The lowest BCUT2D eigenvalue weighted by molar-refractivity contribution is 0.215. The Labute approximate surface area is 119 Å². The third kappa shape index (κ3) is 3.90. The first-order valence-electron chi connectivity index (χ1n) is 6.86. The van der Waals surface area contributed by atoms with Gasteiger partial charge in [-0.1, -0.05) is 6.92 Å². The number of nitrogens with zero attached hydrogens (tertiary/aromatic N) is 1. The van der Waals surface area contributed by atoms with Gasteiger partial charge in [-0.25, -0.2) is 8.78 Å². The number of aliphatic hydroxyl groups is 1. The first-order chi connectivity index (χ1) is 9.33. The number of benzene rings is 1. The van der Waals surface area contributed by atoms with Crippen molar-refractivity contribution in [3.05, 3.63) is 29.3 Å². The number of aliphatic hydroxyl groups excluding tert-OH is 1. The zero-order valence-corrected chi connectivity index (χ0v) is 12.6. The lowest BCUT2D eigenvalue weighted by Gasteiger charge is -2.36. The fourth-order valence-corrected chi connectivity index (χ4v) is 1.86. The average molecular weight is 286 g/mol. The van der Waals surface area contributed by atoms with Crippen LogP contribution < -0.4 is 10.2 Å². The molecule has 3 nitrogen and oxygen atoms in total. The van der Waals surface area contributed by atoms with E-state index in [2.05, 4.69) is 5.32 Å². The Kier molecular flexibility index (Phi) is 5.89. The third-order valence-corrected chi connectivity index (χ3v) is 3.46. The molecule has 1 rings (SSSR count). The number of halogens is 2. The van der Waals surface area contributed by atoms with E-state index in [4.69, 9.17) is 0 Å². The Hall–Kier alpha value is -1.20. The molecule has 0 aliphatic rings. The summed E-state index contributed by atoms with van der Waals surface area (Å²) in [6.07, 6.45) is 0.969. The summed E-state index contributed by atoms with van der Waals surface area (Å²) in [5, 5.41) is 12.4. The fraction of sp³-hybridized carbons (Fsp3) is 0.600. The molecule has 0 amide bonds. The van der Waals surface area contributed by atoms with Gasteiger partial charge in [0.25, 0.3) is 0 Å². The highest BCUT2D eigenvalue weighted by molar-refractivity contribution is 5.52. The summed E-state index contributed by atoms with van der Waals surface area (Å²) in [5.74, 6) is -1.22. The Bertz CT molecular complexity index is 426. The summed E-state index contributed by atoms with van der Waals surface area (Å²) >= 11 is 0. The fourth-order valence-electron chi connectivity index (χ4n) is 1.86. The summed E-state index contributed by atoms with van der Waals surface area (Å²) in [6.45, 7) is 6.54. The van der Waals surface area contributed by atoms with Gasteiger partial charge in [-0.15, -0.1) is 0 Å². The highest BCUT2D eigenvalue weighted by Crippen LogP contribution is 2.29. The predicted octanol–water partition coefficient (Wildman–Crippen LogP) is 2.67. The van der Waals surface area contributed by atoms with Gasteiger partial charge in [0.05, 0.1) is 12.1 Å². The van der Waals surface area contributed by atoms with E-state index in [9.17, 15) is 13.9 Å². The second-order valence-electron chi connectivity index (χ2n) is 5.61. The van der Waals surface area contributed by atoms with Crippen LogP contribution in [0.1, 0.15) is 32.8 Å².